The highest BCUT2D eigenvalue weighted by Gasteiger charge is 2.16. The molecule has 4 nitrogen and oxygen atoms in total. The highest BCUT2D eigenvalue weighted by molar-refractivity contribution is 8.12. The van der Waals surface area contributed by atoms with E-state index in [2.05, 4.69) is 18.6 Å². The van der Waals surface area contributed by atoms with E-state index in [9.17, 15) is 9.59 Å². The molecule has 0 aliphatic carbocycles. The van der Waals surface area contributed by atoms with Crippen LogP contribution in [-0.4, -0.2) is 16.8 Å². The first-order valence-corrected chi connectivity index (χ1v) is 5.71. The fourth-order valence-corrected chi connectivity index (χ4v) is 0.681. The number of carbonyl (C=O) groups excluding carboxylic acids is 2. The molecular formula is C10H21NO3S. The quantitative estimate of drug-likeness (QED) is 0.655. The highest BCUT2D eigenvalue weighted by Crippen LogP contribution is 2.07. The van der Waals surface area contributed by atoms with Crippen molar-refractivity contribution in [3.63, 3.8) is 0 Å². The van der Waals surface area contributed by atoms with Gasteiger partial charge in [-0.2, -0.15) is 0 Å². The van der Waals surface area contributed by atoms with Crippen molar-refractivity contribution in [1.29, 1.82) is 0 Å². The van der Waals surface area contributed by atoms with Gasteiger partial charge in [-0.3, -0.25) is 9.52 Å². The van der Waals surface area contributed by atoms with Crippen molar-refractivity contribution in [3.05, 3.63) is 0 Å². The van der Waals surface area contributed by atoms with Gasteiger partial charge < -0.3 is 4.74 Å². The molecule has 0 saturated carbocycles. The molecule has 0 rings (SSSR count). The van der Waals surface area contributed by atoms with Crippen molar-refractivity contribution in [3.8, 4) is 0 Å². The number of hydrogen-bond acceptors (Lipinski definition) is 4. The Balaban J connectivity index is 0. The average Bonchev–Trinajstić information content (AvgIpc) is 1.99. The van der Waals surface area contributed by atoms with E-state index in [4.69, 9.17) is 4.74 Å². The van der Waals surface area contributed by atoms with E-state index in [1.165, 1.54) is 13.3 Å². The Morgan fingerprint density at radius 3 is 1.93 bits per heavy atom. The molecule has 0 aromatic heterocycles. The summed E-state index contributed by atoms with van der Waals surface area (Å²) in [6.45, 7) is 10.9. The van der Waals surface area contributed by atoms with E-state index >= 15 is 0 Å². The van der Waals surface area contributed by atoms with Gasteiger partial charge in [0.1, 0.15) is 5.60 Å². The van der Waals surface area contributed by atoms with Crippen molar-refractivity contribution in [2.24, 2.45) is 0 Å². The van der Waals surface area contributed by atoms with Crippen LogP contribution in [0.5, 0.6) is 0 Å². The largest absolute Gasteiger partial charge is 0.443 e. The second-order valence-electron chi connectivity index (χ2n) is 3.90. The molecule has 0 aromatic carbocycles. The highest BCUT2D eigenvalue weighted by atomic mass is 32.2. The van der Waals surface area contributed by atoms with Crippen LogP contribution in [0.3, 0.4) is 0 Å². The lowest BCUT2D eigenvalue weighted by Crippen LogP contribution is -2.29. The predicted molar refractivity (Wildman–Crippen MR) is 63.6 cm³/mol. The zero-order chi connectivity index (χ0) is 12.5. The van der Waals surface area contributed by atoms with Crippen LogP contribution < -0.4 is 4.72 Å². The van der Waals surface area contributed by atoms with E-state index < -0.39 is 11.7 Å². The van der Waals surface area contributed by atoms with E-state index in [-0.39, 0.29) is 5.12 Å². The third-order valence-electron chi connectivity index (χ3n) is 0.677. The molecule has 0 aliphatic heterocycles. The second kappa shape index (κ2) is 8.59. The molecule has 0 aliphatic rings. The maximum absolute atomic E-state index is 10.9. The van der Waals surface area contributed by atoms with Gasteiger partial charge in [-0.1, -0.05) is 20.3 Å². The van der Waals surface area contributed by atoms with Crippen molar-refractivity contribution >= 4 is 23.2 Å². The third-order valence-corrected chi connectivity index (χ3v) is 1.23. The van der Waals surface area contributed by atoms with Crippen molar-refractivity contribution in [1.82, 2.24) is 4.72 Å². The first kappa shape index (κ1) is 16.7. The Kier molecular flexibility index (Phi) is 9.57. The second-order valence-corrected chi connectivity index (χ2v) is 4.89. The normalized spacial score (nSPS) is 9.73. The lowest BCUT2D eigenvalue weighted by molar-refractivity contribution is -0.109. The topological polar surface area (TPSA) is 55.4 Å². The Bertz CT molecular complexity index is 199. The number of nitrogens with one attached hydrogen (secondary N) is 1. The van der Waals surface area contributed by atoms with Gasteiger partial charge in [0.05, 0.1) is 0 Å². The minimum absolute atomic E-state index is 0.180. The monoisotopic (exact) mass is 235 g/mol. The maximum Gasteiger partial charge on any atom is 0.418 e. The molecule has 0 radical (unpaired) electrons. The van der Waals surface area contributed by atoms with Gasteiger partial charge >= 0.3 is 6.09 Å². The minimum atomic E-state index is -0.595. The summed E-state index contributed by atoms with van der Waals surface area (Å²) < 4.78 is 7.11. The number of amides is 1. The van der Waals surface area contributed by atoms with Gasteiger partial charge in [-0.25, -0.2) is 4.79 Å². The maximum atomic E-state index is 10.9. The third kappa shape index (κ3) is 19.6. The first-order valence-electron chi connectivity index (χ1n) is 4.89. The van der Waals surface area contributed by atoms with Crippen LogP contribution in [-0.2, 0) is 9.53 Å². The summed E-state index contributed by atoms with van der Waals surface area (Å²) in [5.74, 6) is 0. The Morgan fingerprint density at radius 2 is 1.67 bits per heavy atom. The number of carbonyl (C=O) groups is 2. The van der Waals surface area contributed by atoms with Crippen LogP contribution in [0, 0.1) is 0 Å². The van der Waals surface area contributed by atoms with Crippen LogP contribution in [0.25, 0.3) is 0 Å². The van der Waals surface area contributed by atoms with Crippen LogP contribution in [0.4, 0.5) is 4.79 Å². The number of ether oxygens (including phenoxy) is 1. The molecule has 0 saturated heterocycles. The van der Waals surface area contributed by atoms with Gasteiger partial charge in [0.25, 0.3) is 0 Å². The lowest BCUT2D eigenvalue weighted by Gasteiger charge is -2.18. The molecule has 0 aromatic rings. The molecule has 0 heterocycles. The van der Waals surface area contributed by atoms with Crippen molar-refractivity contribution < 1.29 is 14.3 Å². The summed E-state index contributed by atoms with van der Waals surface area (Å²) in [6.07, 6.45) is 0.655. The molecule has 1 amide bonds. The summed E-state index contributed by atoms with van der Waals surface area (Å²) in [5, 5.41) is -0.180. The molecule has 15 heavy (non-hydrogen) atoms. The predicted octanol–water partition coefficient (Wildman–Crippen LogP) is 3.12. The Hall–Kier alpha value is -0.710. The molecule has 0 unspecified atom stereocenters. The fourth-order valence-electron chi connectivity index (χ4n) is 0.412. The molecule has 0 spiro atoms. The van der Waals surface area contributed by atoms with Crippen LogP contribution in [0.1, 0.15) is 48.0 Å². The molecule has 90 valence electrons. The van der Waals surface area contributed by atoms with Crippen molar-refractivity contribution in [2.75, 3.05) is 0 Å². The van der Waals surface area contributed by atoms with Crippen molar-refractivity contribution in [2.45, 2.75) is 53.6 Å². The standard InChI is InChI=1S/C7H13NO3S.C3H8/c1-5(9)12-8-6(10)11-7(2,3)4;1-3-2/h1-4H3,(H,8,10);3H2,1-2H3. The minimum Gasteiger partial charge on any atom is -0.443 e. The average molecular weight is 235 g/mol. The Morgan fingerprint density at radius 1 is 1.27 bits per heavy atom. The molecule has 1 N–H and O–H groups in total. The van der Waals surface area contributed by atoms with E-state index in [1.807, 2.05) is 0 Å². The molecule has 5 heteroatoms. The lowest BCUT2D eigenvalue weighted by atomic mass is 10.2. The summed E-state index contributed by atoms with van der Waals surface area (Å²) in [4.78, 5) is 21.3. The smallest absolute Gasteiger partial charge is 0.418 e. The van der Waals surface area contributed by atoms with Gasteiger partial charge in [0.15, 0.2) is 0 Å². The zero-order valence-electron chi connectivity index (χ0n) is 10.3. The molecule has 0 bridgehead atoms. The molecule has 0 atom stereocenters. The zero-order valence-corrected chi connectivity index (χ0v) is 11.2. The summed E-state index contributed by atoms with van der Waals surface area (Å²) in [7, 11) is 0. The van der Waals surface area contributed by atoms with Gasteiger partial charge in [-0.05, 0) is 20.8 Å². The van der Waals surface area contributed by atoms with Gasteiger partial charge in [0.2, 0.25) is 5.12 Å². The molecule has 0 fully saturated rings. The number of rotatable bonds is 0. The summed E-state index contributed by atoms with van der Waals surface area (Å²) >= 11 is 0.717. The van der Waals surface area contributed by atoms with Crippen LogP contribution in [0.15, 0.2) is 0 Å². The molecular weight excluding hydrogens is 214 g/mol. The van der Waals surface area contributed by atoms with Gasteiger partial charge in [-0.15, -0.1) is 0 Å². The Labute approximate surface area is 96.3 Å². The van der Waals surface area contributed by atoms with Gasteiger partial charge in [0, 0.05) is 18.9 Å². The summed E-state index contributed by atoms with van der Waals surface area (Å²) in [6, 6.07) is 0. The van der Waals surface area contributed by atoms with E-state index in [0.29, 0.717) is 11.9 Å². The summed E-state index contributed by atoms with van der Waals surface area (Å²) in [5.41, 5.74) is -0.526. The number of hydrogen-bond donors (Lipinski definition) is 1. The fraction of sp³-hybridized carbons (Fsp3) is 0.800. The first-order chi connectivity index (χ1) is 6.72. The van der Waals surface area contributed by atoms with Crippen LogP contribution >= 0.6 is 11.9 Å². The SMILES string of the molecule is CC(=O)SNC(=O)OC(C)(C)C.CCC. The van der Waals surface area contributed by atoms with E-state index in [0.717, 1.165) is 0 Å². The van der Waals surface area contributed by atoms with Crippen LogP contribution in [0.2, 0.25) is 0 Å². The van der Waals surface area contributed by atoms with E-state index in [1.54, 1.807) is 20.8 Å².